The Labute approximate surface area is 90.3 Å². The van der Waals surface area contributed by atoms with Crippen molar-refractivity contribution in [3.63, 3.8) is 0 Å². The molecule has 0 radical (unpaired) electrons. The van der Waals surface area contributed by atoms with Gasteiger partial charge in [0.05, 0.1) is 10.8 Å². The molecule has 86 valence electrons. The van der Waals surface area contributed by atoms with Gasteiger partial charge in [0, 0.05) is 12.6 Å². The number of hydrogen-bond donors (Lipinski definition) is 3. The van der Waals surface area contributed by atoms with Crippen molar-refractivity contribution in [2.45, 2.75) is 5.92 Å². The molecule has 1 aromatic rings. The first-order chi connectivity index (χ1) is 7.47. The Hall–Kier alpha value is -2.15. The van der Waals surface area contributed by atoms with Gasteiger partial charge in [0.15, 0.2) is 5.75 Å². The molecule has 1 atom stereocenters. The third-order valence-corrected chi connectivity index (χ3v) is 2.13. The highest BCUT2D eigenvalue weighted by Gasteiger charge is 2.22. The van der Waals surface area contributed by atoms with Gasteiger partial charge in [-0.2, -0.15) is 0 Å². The Morgan fingerprint density at radius 1 is 1.56 bits per heavy atom. The number of carbonyl (C=O) groups is 1. The Kier molecular flexibility index (Phi) is 3.41. The molecule has 1 rings (SSSR count). The van der Waals surface area contributed by atoms with Crippen molar-refractivity contribution >= 4 is 11.7 Å². The van der Waals surface area contributed by atoms with Crippen LogP contribution in [-0.4, -0.2) is 27.7 Å². The Bertz CT molecular complexity index is 432. The SMILES string of the molecule is NCC(C(=O)O)c1ccc(O)c([N+](=O)[O-])c1. The van der Waals surface area contributed by atoms with Crippen LogP contribution in [0.3, 0.4) is 0 Å². The highest BCUT2D eigenvalue weighted by molar-refractivity contribution is 5.77. The smallest absolute Gasteiger partial charge is 0.312 e. The van der Waals surface area contributed by atoms with E-state index in [1.54, 1.807) is 0 Å². The van der Waals surface area contributed by atoms with Crippen LogP contribution in [0.25, 0.3) is 0 Å². The molecule has 7 nitrogen and oxygen atoms in total. The molecule has 0 aliphatic heterocycles. The van der Waals surface area contributed by atoms with Gasteiger partial charge in [0.1, 0.15) is 0 Å². The summed E-state index contributed by atoms with van der Waals surface area (Å²) in [7, 11) is 0. The first-order valence-electron chi connectivity index (χ1n) is 4.37. The number of benzene rings is 1. The minimum atomic E-state index is -1.16. The van der Waals surface area contributed by atoms with Crippen LogP contribution in [0, 0.1) is 10.1 Å². The van der Waals surface area contributed by atoms with E-state index in [-0.39, 0.29) is 12.1 Å². The van der Waals surface area contributed by atoms with Crippen molar-refractivity contribution in [2.24, 2.45) is 5.73 Å². The van der Waals surface area contributed by atoms with E-state index in [4.69, 9.17) is 10.8 Å². The lowest BCUT2D eigenvalue weighted by Gasteiger charge is -2.09. The summed E-state index contributed by atoms with van der Waals surface area (Å²) in [5.41, 5.74) is 4.92. The third-order valence-electron chi connectivity index (χ3n) is 2.13. The number of phenols is 1. The molecule has 0 saturated heterocycles. The van der Waals surface area contributed by atoms with Crippen LogP contribution in [0.1, 0.15) is 11.5 Å². The molecule has 4 N–H and O–H groups in total. The molecule has 0 aliphatic carbocycles. The predicted molar refractivity (Wildman–Crippen MR) is 54.2 cm³/mol. The second kappa shape index (κ2) is 4.58. The van der Waals surface area contributed by atoms with Crippen molar-refractivity contribution in [1.82, 2.24) is 0 Å². The van der Waals surface area contributed by atoms with Crippen LogP contribution in [0.2, 0.25) is 0 Å². The molecular weight excluding hydrogens is 216 g/mol. The zero-order valence-electron chi connectivity index (χ0n) is 8.16. The summed E-state index contributed by atoms with van der Waals surface area (Å²) in [6, 6.07) is 3.40. The summed E-state index contributed by atoms with van der Waals surface area (Å²) >= 11 is 0. The minimum absolute atomic E-state index is 0.169. The number of aliphatic carboxylic acids is 1. The highest BCUT2D eigenvalue weighted by Crippen LogP contribution is 2.29. The maximum atomic E-state index is 10.8. The molecule has 16 heavy (non-hydrogen) atoms. The van der Waals surface area contributed by atoms with Crippen LogP contribution >= 0.6 is 0 Å². The molecule has 0 aromatic heterocycles. The molecule has 0 heterocycles. The lowest BCUT2D eigenvalue weighted by molar-refractivity contribution is -0.385. The largest absolute Gasteiger partial charge is 0.502 e. The standard InChI is InChI=1S/C9H10N2O5/c10-4-6(9(13)14)5-1-2-8(12)7(3-5)11(15)16/h1-3,6,12H,4,10H2,(H,13,14). The molecule has 1 aromatic carbocycles. The van der Waals surface area contributed by atoms with Crippen LogP contribution in [0.4, 0.5) is 5.69 Å². The first kappa shape index (κ1) is 11.9. The zero-order chi connectivity index (χ0) is 12.3. The molecule has 0 fully saturated rings. The number of phenolic OH excluding ortho intramolecular Hbond substituents is 1. The number of nitrogens with two attached hydrogens (primary N) is 1. The molecule has 7 heteroatoms. The van der Waals surface area contributed by atoms with E-state index in [1.807, 2.05) is 0 Å². The van der Waals surface area contributed by atoms with Crippen LogP contribution in [-0.2, 0) is 4.79 Å². The lowest BCUT2D eigenvalue weighted by Crippen LogP contribution is -2.21. The molecular formula is C9H10N2O5. The summed E-state index contributed by atoms with van der Waals surface area (Å²) in [5.74, 6) is -2.68. The maximum absolute atomic E-state index is 10.8. The number of rotatable bonds is 4. The number of nitro benzene ring substituents is 1. The van der Waals surface area contributed by atoms with Gasteiger partial charge in [-0.05, 0) is 11.6 Å². The van der Waals surface area contributed by atoms with E-state index in [1.165, 1.54) is 6.07 Å². The van der Waals surface area contributed by atoms with Crippen LogP contribution in [0.15, 0.2) is 18.2 Å². The van der Waals surface area contributed by atoms with Gasteiger partial charge in [-0.3, -0.25) is 14.9 Å². The lowest BCUT2D eigenvalue weighted by atomic mass is 9.99. The fourth-order valence-corrected chi connectivity index (χ4v) is 1.28. The summed E-state index contributed by atoms with van der Waals surface area (Å²) in [5, 5.41) is 28.5. The third kappa shape index (κ3) is 2.26. The van der Waals surface area contributed by atoms with Crippen LogP contribution in [0.5, 0.6) is 5.75 Å². The maximum Gasteiger partial charge on any atom is 0.312 e. The van der Waals surface area contributed by atoms with Gasteiger partial charge in [-0.25, -0.2) is 0 Å². The summed E-state index contributed by atoms with van der Waals surface area (Å²) in [4.78, 5) is 20.5. The number of nitro groups is 1. The van der Waals surface area contributed by atoms with Crippen molar-refractivity contribution in [3.8, 4) is 5.75 Å². The fourth-order valence-electron chi connectivity index (χ4n) is 1.28. The Morgan fingerprint density at radius 3 is 2.62 bits per heavy atom. The van der Waals surface area contributed by atoms with E-state index in [0.29, 0.717) is 0 Å². The van der Waals surface area contributed by atoms with Crippen molar-refractivity contribution in [2.75, 3.05) is 6.54 Å². The van der Waals surface area contributed by atoms with E-state index >= 15 is 0 Å². The number of carboxylic acid groups (broad SMARTS) is 1. The Balaban J connectivity index is 3.21. The predicted octanol–water partition coefficient (Wildman–Crippen LogP) is 0.427. The average Bonchev–Trinajstić information content (AvgIpc) is 2.20. The minimum Gasteiger partial charge on any atom is -0.502 e. The number of carboxylic acids is 1. The van der Waals surface area contributed by atoms with E-state index in [9.17, 15) is 20.0 Å². The first-order valence-corrected chi connectivity index (χ1v) is 4.37. The molecule has 0 spiro atoms. The normalized spacial score (nSPS) is 12.1. The van der Waals surface area contributed by atoms with Gasteiger partial charge >= 0.3 is 11.7 Å². The topological polar surface area (TPSA) is 127 Å². The quantitative estimate of drug-likeness (QED) is 0.504. The average molecular weight is 226 g/mol. The zero-order valence-corrected chi connectivity index (χ0v) is 8.16. The van der Waals surface area contributed by atoms with Gasteiger partial charge in [-0.15, -0.1) is 0 Å². The summed E-state index contributed by atoms with van der Waals surface area (Å²) in [6.45, 7) is -0.169. The van der Waals surface area contributed by atoms with Gasteiger partial charge in [-0.1, -0.05) is 6.07 Å². The van der Waals surface area contributed by atoms with E-state index in [0.717, 1.165) is 12.1 Å². The van der Waals surface area contributed by atoms with Crippen LogP contribution < -0.4 is 5.73 Å². The molecule has 0 bridgehead atoms. The van der Waals surface area contributed by atoms with E-state index < -0.39 is 28.2 Å². The number of nitrogens with zero attached hydrogens (tertiary/aromatic N) is 1. The monoisotopic (exact) mass is 226 g/mol. The molecule has 1 unspecified atom stereocenters. The second-order valence-corrected chi connectivity index (χ2v) is 3.13. The fraction of sp³-hybridized carbons (Fsp3) is 0.222. The second-order valence-electron chi connectivity index (χ2n) is 3.13. The number of aromatic hydroxyl groups is 1. The van der Waals surface area contributed by atoms with Crippen molar-refractivity contribution in [3.05, 3.63) is 33.9 Å². The summed E-state index contributed by atoms with van der Waals surface area (Å²) in [6.07, 6.45) is 0. The van der Waals surface area contributed by atoms with Gasteiger partial charge in [0.2, 0.25) is 0 Å². The summed E-state index contributed by atoms with van der Waals surface area (Å²) < 4.78 is 0. The van der Waals surface area contributed by atoms with E-state index in [2.05, 4.69) is 0 Å². The van der Waals surface area contributed by atoms with Gasteiger partial charge < -0.3 is 15.9 Å². The van der Waals surface area contributed by atoms with Crippen molar-refractivity contribution in [1.29, 1.82) is 0 Å². The molecule has 0 saturated carbocycles. The Morgan fingerprint density at radius 2 is 2.19 bits per heavy atom. The van der Waals surface area contributed by atoms with Gasteiger partial charge in [0.25, 0.3) is 0 Å². The highest BCUT2D eigenvalue weighted by atomic mass is 16.6. The van der Waals surface area contributed by atoms with Crippen molar-refractivity contribution < 1.29 is 19.9 Å². The molecule has 0 aliphatic rings. The molecule has 0 amide bonds. The number of hydrogen-bond acceptors (Lipinski definition) is 5.